The van der Waals surface area contributed by atoms with E-state index < -0.39 is 48.5 Å². The van der Waals surface area contributed by atoms with Gasteiger partial charge in [0.25, 0.3) is 0 Å². The van der Waals surface area contributed by atoms with Crippen LogP contribution in [-0.2, 0) is 24.4 Å². The third-order valence-corrected chi connectivity index (χ3v) is 5.94. The molecule has 0 amide bonds. The second-order valence-electron chi connectivity index (χ2n) is 8.11. The molecule has 1 aromatic heterocycles. The zero-order valence-corrected chi connectivity index (χ0v) is 16.0. The highest BCUT2D eigenvalue weighted by Gasteiger charge is 2.41. The summed E-state index contributed by atoms with van der Waals surface area (Å²) >= 11 is 0. The number of halogens is 5. The summed E-state index contributed by atoms with van der Waals surface area (Å²) in [6.45, 7) is 0.536. The van der Waals surface area contributed by atoms with Gasteiger partial charge in [-0.25, -0.2) is 8.78 Å². The minimum Gasteiger partial charge on any atom is -0.382 e. The van der Waals surface area contributed by atoms with Crippen LogP contribution in [0.25, 0.3) is 0 Å². The first kappa shape index (κ1) is 21.4. The van der Waals surface area contributed by atoms with Gasteiger partial charge in [-0.05, 0) is 18.6 Å². The second kappa shape index (κ2) is 8.03. The summed E-state index contributed by atoms with van der Waals surface area (Å²) in [4.78, 5) is 2.06. The minimum atomic E-state index is -4.69. The number of aliphatic hydroxyl groups is 1. The predicted octanol–water partition coefficient (Wildman–Crippen LogP) is 2.33. The van der Waals surface area contributed by atoms with E-state index in [2.05, 4.69) is 10.00 Å². The quantitative estimate of drug-likeness (QED) is 0.712. The van der Waals surface area contributed by atoms with Crippen molar-refractivity contribution >= 4 is 0 Å². The molecule has 0 saturated carbocycles. The van der Waals surface area contributed by atoms with E-state index in [1.165, 1.54) is 6.20 Å². The van der Waals surface area contributed by atoms with E-state index in [0.29, 0.717) is 31.8 Å². The molecule has 1 saturated heterocycles. The lowest BCUT2D eigenvalue weighted by Gasteiger charge is -2.41. The Morgan fingerprint density at radius 2 is 2.03 bits per heavy atom. The first-order valence-electron chi connectivity index (χ1n) is 9.74. The maximum Gasteiger partial charge on any atom is 0.416 e. The molecule has 3 N–H and O–H groups in total. The first-order chi connectivity index (χ1) is 14.1. The van der Waals surface area contributed by atoms with Crippen LogP contribution < -0.4 is 5.73 Å². The van der Waals surface area contributed by atoms with Crippen LogP contribution in [0.4, 0.5) is 22.0 Å². The molecular formula is C19H23F5N4O2. The summed E-state index contributed by atoms with van der Waals surface area (Å²) < 4.78 is 72.2. The molecule has 2 aliphatic heterocycles. The number of nitrogens with zero attached hydrogens (tertiary/aromatic N) is 3. The number of allylic oxidation sites excluding steroid dienone is 3. The van der Waals surface area contributed by atoms with Gasteiger partial charge < -0.3 is 15.6 Å². The number of hydrogen-bond acceptors (Lipinski definition) is 5. The number of fused-ring (bicyclic) bond motifs is 1. The topological polar surface area (TPSA) is 76.5 Å². The third-order valence-electron chi connectivity index (χ3n) is 5.94. The van der Waals surface area contributed by atoms with Crippen LogP contribution in [0.5, 0.6) is 0 Å². The third kappa shape index (κ3) is 4.29. The van der Waals surface area contributed by atoms with Crippen molar-refractivity contribution in [2.75, 3.05) is 6.61 Å². The van der Waals surface area contributed by atoms with E-state index in [-0.39, 0.29) is 12.5 Å². The zero-order chi connectivity index (χ0) is 21.6. The van der Waals surface area contributed by atoms with Gasteiger partial charge in [0.2, 0.25) is 0 Å². The van der Waals surface area contributed by atoms with E-state index in [4.69, 9.17) is 10.5 Å². The molecule has 1 aliphatic carbocycles. The average molecular weight is 434 g/mol. The minimum absolute atomic E-state index is 0.0596. The summed E-state index contributed by atoms with van der Waals surface area (Å²) in [7, 11) is 0. The Hall–Kier alpha value is -1.82. The SMILES string of the molecule is N[C@H]1C[C@@H](N2Cc3cn(C[C@H](O)C(F)(F)F)nc3C2)CO[C@@H]1C1CC(F)=CC=C1F. The fraction of sp³-hybridized carbons (Fsp3) is 0.632. The van der Waals surface area contributed by atoms with Crippen molar-refractivity contribution in [2.24, 2.45) is 11.7 Å². The van der Waals surface area contributed by atoms with Crippen LogP contribution in [-0.4, -0.2) is 56.9 Å². The molecule has 0 spiro atoms. The maximum absolute atomic E-state index is 14.1. The lowest BCUT2D eigenvalue weighted by atomic mass is 9.85. The normalized spacial score (nSPS) is 31.3. The van der Waals surface area contributed by atoms with Crippen LogP contribution in [0, 0.1) is 5.92 Å². The predicted molar refractivity (Wildman–Crippen MR) is 96.1 cm³/mol. The molecule has 0 bridgehead atoms. The molecule has 0 radical (unpaired) electrons. The van der Waals surface area contributed by atoms with Crippen LogP contribution in [0.2, 0.25) is 0 Å². The standard InChI is InChI=1S/C19H23F5N4O2/c20-11-1-2-14(21)13(3-11)18-15(25)4-12(9-30-18)27-5-10-6-28(26-16(10)7-27)8-17(29)19(22,23)24/h1-2,6,12-13,15,17-18,29H,3-5,7-9,25H2/t12-,13?,15+,17+,18-/m1/s1. The van der Waals surface area contributed by atoms with E-state index >= 15 is 0 Å². The van der Waals surface area contributed by atoms with Gasteiger partial charge >= 0.3 is 6.18 Å². The first-order valence-corrected chi connectivity index (χ1v) is 9.74. The molecule has 166 valence electrons. The Morgan fingerprint density at radius 3 is 2.70 bits per heavy atom. The lowest BCUT2D eigenvalue weighted by Crippen LogP contribution is -2.53. The molecule has 1 fully saturated rings. The van der Waals surface area contributed by atoms with Gasteiger partial charge in [-0.15, -0.1) is 0 Å². The van der Waals surface area contributed by atoms with Gasteiger partial charge in [-0.1, -0.05) is 0 Å². The summed E-state index contributed by atoms with van der Waals surface area (Å²) in [6, 6.07) is -0.538. The molecule has 3 heterocycles. The van der Waals surface area contributed by atoms with Crippen molar-refractivity contribution in [1.82, 2.24) is 14.7 Å². The van der Waals surface area contributed by atoms with Crippen molar-refractivity contribution in [3.8, 4) is 0 Å². The van der Waals surface area contributed by atoms with Crippen molar-refractivity contribution in [2.45, 2.75) is 62.9 Å². The highest BCUT2D eigenvalue weighted by molar-refractivity contribution is 5.23. The molecule has 11 heteroatoms. The van der Waals surface area contributed by atoms with Gasteiger partial charge in [-0.3, -0.25) is 9.58 Å². The van der Waals surface area contributed by atoms with E-state index in [0.717, 1.165) is 22.4 Å². The summed E-state index contributed by atoms with van der Waals surface area (Å²) in [6.07, 6.45) is -3.60. The van der Waals surface area contributed by atoms with Gasteiger partial charge in [-0.2, -0.15) is 18.3 Å². The molecular weight excluding hydrogens is 411 g/mol. The Balaban J connectivity index is 1.34. The number of aliphatic hydroxyl groups excluding tert-OH is 1. The highest BCUT2D eigenvalue weighted by atomic mass is 19.4. The summed E-state index contributed by atoms with van der Waals surface area (Å²) in [5, 5.41) is 13.4. The fourth-order valence-electron chi connectivity index (χ4n) is 4.34. The number of alkyl halides is 3. The molecule has 1 unspecified atom stereocenters. The molecule has 3 aliphatic rings. The van der Waals surface area contributed by atoms with Crippen LogP contribution in [0.1, 0.15) is 24.1 Å². The van der Waals surface area contributed by atoms with Crippen molar-refractivity contribution in [3.05, 3.63) is 41.3 Å². The zero-order valence-electron chi connectivity index (χ0n) is 16.0. The van der Waals surface area contributed by atoms with E-state index in [1.807, 2.05) is 0 Å². The lowest BCUT2D eigenvalue weighted by molar-refractivity contribution is -0.208. The van der Waals surface area contributed by atoms with Crippen LogP contribution in [0.15, 0.2) is 30.0 Å². The number of nitrogens with two attached hydrogens (primary N) is 1. The molecule has 4 rings (SSSR count). The van der Waals surface area contributed by atoms with Crippen molar-refractivity contribution < 1.29 is 31.8 Å². The molecule has 0 aromatic carbocycles. The van der Waals surface area contributed by atoms with Crippen LogP contribution in [0.3, 0.4) is 0 Å². The van der Waals surface area contributed by atoms with Gasteiger partial charge in [0.15, 0.2) is 6.10 Å². The average Bonchev–Trinajstić information content (AvgIpc) is 3.21. The summed E-state index contributed by atoms with van der Waals surface area (Å²) in [5.41, 5.74) is 7.67. The second-order valence-corrected chi connectivity index (χ2v) is 8.11. The Kier molecular flexibility index (Phi) is 5.73. The molecule has 30 heavy (non-hydrogen) atoms. The fourth-order valence-corrected chi connectivity index (χ4v) is 4.34. The largest absolute Gasteiger partial charge is 0.416 e. The monoisotopic (exact) mass is 434 g/mol. The molecule has 1 aromatic rings. The molecule has 5 atom stereocenters. The van der Waals surface area contributed by atoms with Gasteiger partial charge in [0, 0.05) is 49.3 Å². The summed E-state index contributed by atoms with van der Waals surface area (Å²) in [5.74, 6) is -1.58. The van der Waals surface area contributed by atoms with Crippen molar-refractivity contribution in [1.29, 1.82) is 0 Å². The maximum atomic E-state index is 14.1. The number of rotatable bonds is 4. The number of aromatic nitrogens is 2. The van der Waals surface area contributed by atoms with Crippen molar-refractivity contribution in [3.63, 3.8) is 0 Å². The van der Waals surface area contributed by atoms with E-state index in [1.54, 1.807) is 0 Å². The number of hydrogen-bond donors (Lipinski definition) is 2. The Morgan fingerprint density at radius 1 is 1.27 bits per heavy atom. The van der Waals surface area contributed by atoms with Gasteiger partial charge in [0.1, 0.15) is 11.7 Å². The Bertz CT molecular complexity index is 829. The van der Waals surface area contributed by atoms with Gasteiger partial charge in [0.05, 0.1) is 24.9 Å². The Labute approximate surface area is 169 Å². The van der Waals surface area contributed by atoms with E-state index in [9.17, 15) is 27.1 Å². The number of ether oxygens (including phenoxy) is 1. The highest BCUT2D eigenvalue weighted by Crippen LogP contribution is 2.36. The molecule has 6 nitrogen and oxygen atoms in total. The van der Waals surface area contributed by atoms with Crippen LogP contribution >= 0.6 is 0 Å². The smallest absolute Gasteiger partial charge is 0.382 e.